The van der Waals surface area contributed by atoms with Gasteiger partial charge in [0, 0.05) is 5.71 Å². The van der Waals surface area contributed by atoms with Crippen LogP contribution in [-0.2, 0) is 19.1 Å². The van der Waals surface area contributed by atoms with Crippen molar-refractivity contribution in [3.05, 3.63) is 35.9 Å². The molecule has 1 aromatic rings. The number of carbonyl (C=O) groups is 2. The second kappa shape index (κ2) is 7.73. The molecule has 1 aromatic carbocycles. The van der Waals surface area contributed by atoms with E-state index < -0.39 is 23.5 Å². The van der Waals surface area contributed by atoms with Gasteiger partial charge in [-0.15, -0.1) is 0 Å². The summed E-state index contributed by atoms with van der Waals surface area (Å²) in [6.45, 7) is 5.22. The van der Waals surface area contributed by atoms with Gasteiger partial charge < -0.3 is 14.9 Å². The second-order valence-corrected chi connectivity index (χ2v) is 5.99. The number of nitrogens with one attached hydrogen (secondary N) is 1. The predicted molar refractivity (Wildman–Crippen MR) is 83.9 cm³/mol. The molecule has 0 spiro atoms. The molecule has 0 aliphatic rings. The summed E-state index contributed by atoms with van der Waals surface area (Å²) in [5.41, 5.74) is 0.476. The monoisotopic (exact) mass is 305 g/mol. The van der Waals surface area contributed by atoms with Gasteiger partial charge in [-0.25, -0.2) is 0 Å². The average Bonchev–Trinajstić information content (AvgIpc) is 2.46. The highest BCUT2D eigenvalue weighted by atomic mass is 16.6. The van der Waals surface area contributed by atoms with Crippen LogP contribution in [-0.4, -0.2) is 30.4 Å². The van der Waals surface area contributed by atoms with Crippen LogP contribution in [0.1, 0.15) is 39.2 Å². The van der Waals surface area contributed by atoms with Crippen molar-refractivity contribution in [2.75, 3.05) is 7.11 Å². The quantitative estimate of drug-likeness (QED) is 0.498. The van der Waals surface area contributed by atoms with Gasteiger partial charge in [0.25, 0.3) is 0 Å². The zero-order valence-corrected chi connectivity index (χ0v) is 13.5. The van der Waals surface area contributed by atoms with Crippen molar-refractivity contribution in [1.82, 2.24) is 0 Å². The first kappa shape index (κ1) is 17.9. The van der Waals surface area contributed by atoms with Gasteiger partial charge in [-0.3, -0.25) is 9.59 Å². The number of esters is 2. The Morgan fingerprint density at radius 1 is 1.14 bits per heavy atom. The molecule has 0 bridgehead atoms. The lowest BCUT2D eigenvalue weighted by Gasteiger charge is -2.23. The molecule has 5 nitrogen and oxygen atoms in total. The molecular weight excluding hydrogens is 282 g/mol. The van der Waals surface area contributed by atoms with Gasteiger partial charge >= 0.3 is 11.9 Å². The number of hydrogen-bond donors (Lipinski definition) is 1. The lowest BCUT2D eigenvalue weighted by atomic mass is 9.98. The summed E-state index contributed by atoms with van der Waals surface area (Å²) >= 11 is 0. The first-order valence-electron chi connectivity index (χ1n) is 7.18. The van der Waals surface area contributed by atoms with E-state index in [9.17, 15) is 9.59 Å². The molecule has 0 aliphatic heterocycles. The van der Waals surface area contributed by atoms with Gasteiger partial charge in [0.2, 0.25) is 0 Å². The van der Waals surface area contributed by atoms with E-state index in [1.807, 2.05) is 30.3 Å². The maximum absolute atomic E-state index is 12.1. The van der Waals surface area contributed by atoms with E-state index in [0.717, 1.165) is 5.56 Å². The summed E-state index contributed by atoms with van der Waals surface area (Å²) in [5, 5.41) is 8.04. The summed E-state index contributed by atoms with van der Waals surface area (Å²) in [6, 6.07) is 9.20. The summed E-state index contributed by atoms with van der Waals surface area (Å²) < 4.78 is 9.93. The molecule has 0 saturated heterocycles. The summed E-state index contributed by atoms with van der Waals surface area (Å²) in [6.07, 6.45) is 0.484. The molecular formula is C17H23NO4. The molecule has 1 atom stereocenters. The van der Waals surface area contributed by atoms with E-state index in [0.29, 0.717) is 12.1 Å². The Labute approximate surface area is 131 Å². The highest BCUT2D eigenvalue weighted by Gasteiger charge is 2.32. The van der Waals surface area contributed by atoms with Gasteiger partial charge in [0.15, 0.2) is 5.92 Å². The van der Waals surface area contributed by atoms with Crippen molar-refractivity contribution in [3.63, 3.8) is 0 Å². The SMILES string of the molecule is COC(=O)C(CCC(=N)c1ccccc1)C(=O)OC(C)(C)C. The van der Waals surface area contributed by atoms with E-state index in [1.165, 1.54) is 7.11 Å². The van der Waals surface area contributed by atoms with Gasteiger partial charge in [-0.2, -0.15) is 0 Å². The molecule has 0 radical (unpaired) electrons. The lowest BCUT2D eigenvalue weighted by molar-refractivity contribution is -0.168. The van der Waals surface area contributed by atoms with E-state index >= 15 is 0 Å². The predicted octanol–water partition coefficient (Wildman–Crippen LogP) is 2.97. The zero-order chi connectivity index (χ0) is 16.8. The van der Waals surface area contributed by atoms with Crippen molar-refractivity contribution >= 4 is 17.7 Å². The Kier molecular flexibility index (Phi) is 6.28. The third-order valence-electron chi connectivity index (χ3n) is 2.98. The number of hydrogen-bond acceptors (Lipinski definition) is 5. The maximum atomic E-state index is 12.1. The standard InChI is InChI=1S/C17H23NO4/c1-17(2,3)22-16(20)13(15(19)21-4)10-11-14(18)12-8-6-5-7-9-12/h5-9,13,18H,10-11H2,1-4H3. The second-order valence-electron chi connectivity index (χ2n) is 5.99. The molecule has 5 heteroatoms. The van der Waals surface area contributed by atoms with Crippen LogP contribution < -0.4 is 0 Å². The van der Waals surface area contributed by atoms with Gasteiger partial charge in [0.05, 0.1) is 7.11 Å². The normalized spacial score (nSPS) is 12.4. The minimum Gasteiger partial charge on any atom is -0.468 e. The third-order valence-corrected chi connectivity index (χ3v) is 2.98. The Balaban J connectivity index is 2.72. The minimum absolute atomic E-state index is 0.190. The number of carbonyl (C=O) groups excluding carboxylic acids is 2. The van der Waals surface area contributed by atoms with E-state index in [2.05, 4.69) is 4.74 Å². The molecule has 1 unspecified atom stereocenters. The van der Waals surface area contributed by atoms with Crippen LogP contribution in [0.2, 0.25) is 0 Å². The number of methoxy groups -OCH3 is 1. The van der Waals surface area contributed by atoms with Crippen molar-refractivity contribution in [1.29, 1.82) is 5.41 Å². The van der Waals surface area contributed by atoms with Crippen LogP contribution in [0.4, 0.5) is 0 Å². The minimum atomic E-state index is -1.01. The Hall–Kier alpha value is -2.17. The zero-order valence-electron chi connectivity index (χ0n) is 13.5. The highest BCUT2D eigenvalue weighted by Crippen LogP contribution is 2.18. The number of rotatable bonds is 6. The molecule has 0 saturated carbocycles. The van der Waals surface area contributed by atoms with Crippen molar-refractivity contribution in [3.8, 4) is 0 Å². The molecule has 1 rings (SSSR count). The van der Waals surface area contributed by atoms with Crippen molar-refractivity contribution < 1.29 is 19.1 Å². The largest absolute Gasteiger partial charge is 0.468 e. The number of benzene rings is 1. The topological polar surface area (TPSA) is 76.5 Å². The summed E-state index contributed by atoms with van der Waals surface area (Å²) in [7, 11) is 1.24. The van der Waals surface area contributed by atoms with Crippen LogP contribution in [0.15, 0.2) is 30.3 Å². The van der Waals surface area contributed by atoms with E-state index in [4.69, 9.17) is 10.1 Å². The molecule has 1 N–H and O–H groups in total. The van der Waals surface area contributed by atoms with Crippen LogP contribution in [0, 0.1) is 11.3 Å². The molecule has 22 heavy (non-hydrogen) atoms. The smallest absolute Gasteiger partial charge is 0.320 e. The van der Waals surface area contributed by atoms with Gasteiger partial charge in [-0.1, -0.05) is 30.3 Å². The Morgan fingerprint density at radius 3 is 2.23 bits per heavy atom. The van der Waals surface area contributed by atoms with Crippen molar-refractivity contribution in [2.24, 2.45) is 5.92 Å². The molecule has 0 heterocycles. The lowest BCUT2D eigenvalue weighted by Crippen LogP contribution is -2.33. The van der Waals surface area contributed by atoms with Gasteiger partial charge in [-0.05, 0) is 39.2 Å². The average molecular weight is 305 g/mol. The summed E-state index contributed by atoms with van der Waals surface area (Å²) in [4.78, 5) is 23.9. The third kappa shape index (κ3) is 5.68. The fraction of sp³-hybridized carbons (Fsp3) is 0.471. The van der Waals surface area contributed by atoms with E-state index in [-0.39, 0.29) is 6.42 Å². The Morgan fingerprint density at radius 2 is 1.73 bits per heavy atom. The van der Waals surface area contributed by atoms with Gasteiger partial charge in [0.1, 0.15) is 5.60 Å². The van der Waals surface area contributed by atoms with Crippen molar-refractivity contribution in [2.45, 2.75) is 39.2 Å². The molecule has 0 aromatic heterocycles. The van der Waals surface area contributed by atoms with Crippen LogP contribution in [0.3, 0.4) is 0 Å². The molecule has 0 amide bonds. The van der Waals surface area contributed by atoms with Crippen LogP contribution in [0.25, 0.3) is 0 Å². The number of ether oxygens (including phenoxy) is 2. The van der Waals surface area contributed by atoms with E-state index in [1.54, 1.807) is 20.8 Å². The fourth-order valence-electron chi connectivity index (χ4n) is 1.92. The highest BCUT2D eigenvalue weighted by molar-refractivity contribution is 6.00. The summed E-state index contributed by atoms with van der Waals surface area (Å²) in [5.74, 6) is -2.25. The van der Waals surface area contributed by atoms with Crippen LogP contribution in [0.5, 0.6) is 0 Å². The first-order valence-corrected chi connectivity index (χ1v) is 7.18. The molecule has 0 fully saturated rings. The fourth-order valence-corrected chi connectivity index (χ4v) is 1.92. The molecule has 120 valence electrons. The first-order chi connectivity index (χ1) is 10.2. The maximum Gasteiger partial charge on any atom is 0.320 e. The van der Waals surface area contributed by atoms with Crippen LogP contribution >= 0.6 is 0 Å². The molecule has 0 aliphatic carbocycles. The Bertz CT molecular complexity index is 531.